The summed E-state index contributed by atoms with van der Waals surface area (Å²) < 4.78 is 12.7. The predicted molar refractivity (Wildman–Crippen MR) is 72.3 cm³/mol. The molecule has 5 heteroatoms. The van der Waals surface area contributed by atoms with Crippen LogP contribution in [-0.2, 0) is 9.59 Å². The highest BCUT2D eigenvalue weighted by Crippen LogP contribution is 2.32. The minimum atomic E-state index is -0.983. The first-order valence-electron chi connectivity index (χ1n) is 6.50. The van der Waals surface area contributed by atoms with Gasteiger partial charge in [0.25, 0.3) is 0 Å². The number of nitrogens with one attached hydrogen (secondary N) is 1. The zero-order valence-electron chi connectivity index (χ0n) is 10.9. The summed E-state index contributed by atoms with van der Waals surface area (Å²) in [6.07, 6.45) is 5.14. The molecule has 0 spiro atoms. The molecule has 4 nitrogen and oxygen atoms in total. The van der Waals surface area contributed by atoms with Crippen LogP contribution in [0.1, 0.15) is 24.8 Å². The topological polar surface area (TPSA) is 66.4 Å². The number of rotatable bonds is 6. The van der Waals surface area contributed by atoms with Crippen molar-refractivity contribution in [3.63, 3.8) is 0 Å². The van der Waals surface area contributed by atoms with Crippen LogP contribution < -0.4 is 5.32 Å². The molecule has 0 radical (unpaired) electrons. The summed E-state index contributed by atoms with van der Waals surface area (Å²) in [6, 6.07) is 5.12. The number of amides is 1. The Morgan fingerprint density at radius 3 is 2.55 bits per heavy atom. The first kappa shape index (κ1) is 14.2. The third-order valence-electron chi connectivity index (χ3n) is 3.16. The lowest BCUT2D eigenvalue weighted by molar-refractivity contribution is -0.142. The summed E-state index contributed by atoms with van der Waals surface area (Å²) in [5, 5.41) is 11.5. The Hall–Kier alpha value is -2.17. The van der Waals surface area contributed by atoms with Gasteiger partial charge in [0.2, 0.25) is 5.91 Å². The highest BCUT2D eigenvalue weighted by atomic mass is 19.1. The molecule has 106 valence electrons. The van der Waals surface area contributed by atoms with Crippen molar-refractivity contribution in [1.29, 1.82) is 0 Å². The van der Waals surface area contributed by atoms with Crippen LogP contribution in [0.3, 0.4) is 0 Å². The van der Waals surface area contributed by atoms with E-state index >= 15 is 0 Å². The Bertz CT molecular complexity index is 520. The van der Waals surface area contributed by atoms with E-state index in [-0.39, 0.29) is 24.1 Å². The SMILES string of the molecule is O=C(C/C=C/c1ccc(F)cc1)NC(C(=O)O)C1CC1. The van der Waals surface area contributed by atoms with E-state index in [1.165, 1.54) is 12.1 Å². The van der Waals surface area contributed by atoms with Crippen molar-refractivity contribution in [3.05, 3.63) is 41.7 Å². The number of carbonyl (C=O) groups excluding carboxylic acids is 1. The largest absolute Gasteiger partial charge is 0.480 e. The zero-order chi connectivity index (χ0) is 14.5. The average molecular weight is 277 g/mol. The lowest BCUT2D eigenvalue weighted by Gasteiger charge is -2.12. The predicted octanol–water partition coefficient (Wildman–Crippen LogP) is 2.21. The second kappa shape index (κ2) is 6.32. The van der Waals surface area contributed by atoms with Crippen molar-refractivity contribution < 1.29 is 19.1 Å². The minimum absolute atomic E-state index is 0.0672. The first-order valence-corrected chi connectivity index (χ1v) is 6.50. The van der Waals surface area contributed by atoms with E-state index in [1.54, 1.807) is 24.3 Å². The van der Waals surface area contributed by atoms with Gasteiger partial charge in [0, 0.05) is 6.42 Å². The number of carboxylic acid groups (broad SMARTS) is 1. The maximum absolute atomic E-state index is 12.7. The lowest BCUT2D eigenvalue weighted by Crippen LogP contribution is -2.42. The summed E-state index contributed by atoms with van der Waals surface area (Å²) in [4.78, 5) is 22.6. The van der Waals surface area contributed by atoms with Crippen LogP contribution in [0.15, 0.2) is 30.3 Å². The number of aliphatic carboxylic acids is 1. The zero-order valence-corrected chi connectivity index (χ0v) is 10.9. The number of benzene rings is 1. The second-order valence-corrected chi connectivity index (χ2v) is 4.88. The van der Waals surface area contributed by atoms with E-state index in [4.69, 9.17) is 5.11 Å². The van der Waals surface area contributed by atoms with Gasteiger partial charge >= 0.3 is 5.97 Å². The molecule has 0 heterocycles. The van der Waals surface area contributed by atoms with Crippen LogP contribution in [0.4, 0.5) is 4.39 Å². The fourth-order valence-electron chi connectivity index (χ4n) is 1.92. The van der Waals surface area contributed by atoms with E-state index < -0.39 is 12.0 Å². The Labute approximate surface area is 116 Å². The highest BCUT2D eigenvalue weighted by molar-refractivity contribution is 5.85. The van der Waals surface area contributed by atoms with Crippen LogP contribution in [0.2, 0.25) is 0 Å². The lowest BCUT2D eigenvalue weighted by atomic mass is 10.1. The molecule has 1 aromatic carbocycles. The van der Waals surface area contributed by atoms with E-state index in [0.29, 0.717) is 0 Å². The normalized spacial score (nSPS) is 16.1. The fourth-order valence-corrected chi connectivity index (χ4v) is 1.92. The van der Waals surface area contributed by atoms with E-state index in [1.807, 2.05) is 0 Å². The van der Waals surface area contributed by atoms with Crippen molar-refractivity contribution in [2.24, 2.45) is 5.92 Å². The van der Waals surface area contributed by atoms with Gasteiger partial charge in [0.1, 0.15) is 11.9 Å². The quantitative estimate of drug-likeness (QED) is 0.837. The maximum atomic E-state index is 12.7. The Morgan fingerprint density at radius 1 is 1.35 bits per heavy atom. The van der Waals surface area contributed by atoms with E-state index in [2.05, 4.69) is 5.32 Å². The van der Waals surface area contributed by atoms with E-state index in [9.17, 15) is 14.0 Å². The first-order chi connectivity index (χ1) is 9.56. The summed E-state index contributed by atoms with van der Waals surface area (Å²) in [6.45, 7) is 0. The number of halogens is 1. The Balaban J connectivity index is 1.82. The molecule has 0 aromatic heterocycles. The standard InChI is InChI=1S/C15H16FNO3/c16-12-8-4-10(5-9-12)2-1-3-13(18)17-14(15(19)20)11-6-7-11/h1-2,4-5,8-9,11,14H,3,6-7H2,(H,17,18)(H,19,20)/b2-1+. The molecule has 1 atom stereocenters. The molecule has 2 rings (SSSR count). The third-order valence-corrected chi connectivity index (χ3v) is 3.16. The van der Waals surface area contributed by atoms with E-state index in [0.717, 1.165) is 18.4 Å². The van der Waals surface area contributed by atoms with Crippen molar-refractivity contribution in [3.8, 4) is 0 Å². The number of carboxylic acids is 1. The molecular formula is C15H16FNO3. The molecule has 1 aliphatic rings. The molecular weight excluding hydrogens is 261 g/mol. The minimum Gasteiger partial charge on any atom is -0.480 e. The molecule has 0 saturated heterocycles. The van der Waals surface area contributed by atoms with Crippen molar-refractivity contribution in [2.45, 2.75) is 25.3 Å². The molecule has 0 bridgehead atoms. The van der Waals surface area contributed by atoms with Gasteiger partial charge in [-0.2, -0.15) is 0 Å². The van der Waals surface area contributed by atoms with Gasteiger partial charge < -0.3 is 10.4 Å². The second-order valence-electron chi connectivity index (χ2n) is 4.88. The molecule has 1 unspecified atom stereocenters. The molecule has 20 heavy (non-hydrogen) atoms. The number of carbonyl (C=O) groups is 2. The summed E-state index contributed by atoms with van der Waals surface area (Å²) in [5.41, 5.74) is 0.788. The summed E-state index contributed by atoms with van der Waals surface area (Å²) in [7, 11) is 0. The molecule has 1 amide bonds. The summed E-state index contributed by atoms with van der Waals surface area (Å²) >= 11 is 0. The van der Waals surface area contributed by atoms with Crippen LogP contribution >= 0.6 is 0 Å². The van der Waals surface area contributed by atoms with Crippen molar-refractivity contribution >= 4 is 18.0 Å². The monoisotopic (exact) mass is 277 g/mol. The molecule has 1 aromatic rings. The van der Waals surface area contributed by atoms with Crippen LogP contribution in [0.5, 0.6) is 0 Å². The van der Waals surface area contributed by atoms with Crippen molar-refractivity contribution in [2.75, 3.05) is 0 Å². The molecule has 1 saturated carbocycles. The number of hydrogen-bond acceptors (Lipinski definition) is 2. The molecule has 2 N–H and O–H groups in total. The van der Waals surface area contributed by atoms with Gasteiger partial charge in [-0.3, -0.25) is 4.79 Å². The van der Waals surface area contributed by atoms with Crippen LogP contribution in [-0.4, -0.2) is 23.0 Å². The molecule has 1 fully saturated rings. The fraction of sp³-hybridized carbons (Fsp3) is 0.333. The van der Waals surface area contributed by atoms with Crippen LogP contribution in [0, 0.1) is 11.7 Å². The van der Waals surface area contributed by atoms with Crippen molar-refractivity contribution in [1.82, 2.24) is 5.32 Å². The Morgan fingerprint density at radius 2 is 2.00 bits per heavy atom. The maximum Gasteiger partial charge on any atom is 0.326 e. The highest BCUT2D eigenvalue weighted by Gasteiger charge is 2.36. The van der Waals surface area contributed by atoms with Gasteiger partial charge in [-0.15, -0.1) is 0 Å². The smallest absolute Gasteiger partial charge is 0.326 e. The Kier molecular flexibility index (Phi) is 4.50. The van der Waals surface area contributed by atoms with Gasteiger partial charge in [0.15, 0.2) is 0 Å². The summed E-state index contributed by atoms with van der Waals surface area (Å²) in [5.74, 6) is -1.54. The third kappa shape index (κ3) is 4.19. The average Bonchev–Trinajstić information content (AvgIpc) is 3.22. The van der Waals surface area contributed by atoms with Gasteiger partial charge in [-0.05, 0) is 36.5 Å². The van der Waals surface area contributed by atoms with Gasteiger partial charge in [-0.1, -0.05) is 24.3 Å². The molecule has 0 aliphatic heterocycles. The number of hydrogen-bond donors (Lipinski definition) is 2. The van der Waals surface area contributed by atoms with Crippen LogP contribution in [0.25, 0.3) is 6.08 Å². The molecule has 1 aliphatic carbocycles. The van der Waals surface area contributed by atoms with Gasteiger partial charge in [0.05, 0.1) is 0 Å². The van der Waals surface area contributed by atoms with Gasteiger partial charge in [-0.25, -0.2) is 9.18 Å².